The fraction of sp³-hybridized carbons (Fsp3) is 0.571. The van der Waals surface area contributed by atoms with Gasteiger partial charge in [-0.1, -0.05) is 12.2 Å². The van der Waals surface area contributed by atoms with Crippen LogP contribution in [0.2, 0.25) is 0 Å². The minimum Gasteiger partial charge on any atom is -0.481 e. The highest BCUT2D eigenvalue weighted by Gasteiger charge is 2.48. The average Bonchev–Trinajstić information content (AvgIpc) is 3.21. The average molecular weight is 404 g/mol. The van der Waals surface area contributed by atoms with Crippen LogP contribution in [0.4, 0.5) is 5.00 Å². The van der Waals surface area contributed by atoms with Gasteiger partial charge in [-0.25, -0.2) is 4.79 Å². The first-order valence-corrected chi connectivity index (χ1v) is 10.8. The van der Waals surface area contributed by atoms with Crippen molar-refractivity contribution in [3.8, 4) is 0 Å². The third-order valence-electron chi connectivity index (χ3n) is 6.04. The lowest BCUT2D eigenvalue weighted by molar-refractivity contribution is -0.151. The lowest BCUT2D eigenvalue weighted by atomic mass is 9.62. The van der Waals surface area contributed by atoms with Crippen molar-refractivity contribution in [2.75, 3.05) is 5.32 Å². The second-order valence-electron chi connectivity index (χ2n) is 8.18. The molecule has 0 radical (unpaired) electrons. The van der Waals surface area contributed by atoms with Gasteiger partial charge in [0, 0.05) is 4.88 Å². The van der Waals surface area contributed by atoms with Crippen molar-refractivity contribution < 1.29 is 24.2 Å². The molecular weight excluding hydrogens is 378 g/mol. The summed E-state index contributed by atoms with van der Waals surface area (Å²) in [5.74, 6) is -3.11. The number of hydrogen-bond acceptors (Lipinski definition) is 5. The minimum atomic E-state index is -0.924. The van der Waals surface area contributed by atoms with Gasteiger partial charge >= 0.3 is 11.9 Å². The molecule has 1 heterocycles. The Morgan fingerprint density at radius 2 is 1.82 bits per heavy atom. The zero-order valence-corrected chi connectivity index (χ0v) is 16.9. The van der Waals surface area contributed by atoms with Crippen LogP contribution >= 0.6 is 11.3 Å². The molecule has 1 saturated carbocycles. The first-order chi connectivity index (χ1) is 13.4. The van der Waals surface area contributed by atoms with Gasteiger partial charge in [0.25, 0.3) is 0 Å². The van der Waals surface area contributed by atoms with E-state index in [-0.39, 0.29) is 23.8 Å². The van der Waals surface area contributed by atoms with Crippen molar-refractivity contribution in [3.63, 3.8) is 0 Å². The van der Waals surface area contributed by atoms with Crippen molar-refractivity contribution >= 4 is 34.2 Å². The number of rotatable bonds is 5. The Bertz CT molecular complexity index is 855. The zero-order valence-electron chi connectivity index (χ0n) is 16.1. The molecule has 2 N–H and O–H groups in total. The first kappa shape index (κ1) is 19.2. The number of carboxylic acid groups (broad SMARTS) is 1. The number of aryl methyl sites for hydroxylation is 1. The topological polar surface area (TPSA) is 92.7 Å². The monoisotopic (exact) mass is 403 g/mol. The smallest absolute Gasteiger partial charge is 0.341 e. The van der Waals surface area contributed by atoms with E-state index in [2.05, 4.69) is 5.32 Å². The number of ether oxygens (including phenoxy) is 1. The molecule has 7 heteroatoms. The molecule has 6 nitrogen and oxygen atoms in total. The van der Waals surface area contributed by atoms with Crippen LogP contribution in [-0.4, -0.2) is 29.1 Å². The number of esters is 1. The molecule has 4 aliphatic rings. The van der Waals surface area contributed by atoms with Crippen LogP contribution in [-0.2, 0) is 27.2 Å². The molecule has 0 unspecified atom stereocenters. The summed E-state index contributed by atoms with van der Waals surface area (Å²) in [6.07, 6.45) is 8.01. The molecule has 1 amide bonds. The number of allylic oxidation sites excluding steroid dienone is 2. The maximum absolute atomic E-state index is 13.1. The SMILES string of the molecule is CC(C)OC(=O)c1c(NC(=O)[C@H]2[C@@H](C(=O)O)[C@H]3C=C[C@@H]2CC3)sc2c1CCC2. The number of amides is 1. The van der Waals surface area contributed by atoms with Crippen LogP contribution in [0.5, 0.6) is 0 Å². The number of anilines is 1. The van der Waals surface area contributed by atoms with Gasteiger partial charge in [-0.05, 0) is 63.4 Å². The quantitative estimate of drug-likeness (QED) is 0.578. The maximum Gasteiger partial charge on any atom is 0.341 e. The Morgan fingerprint density at radius 1 is 1.14 bits per heavy atom. The van der Waals surface area contributed by atoms with Gasteiger partial charge in [-0.15, -0.1) is 11.3 Å². The number of hydrogen-bond donors (Lipinski definition) is 2. The molecule has 0 spiro atoms. The normalized spacial score (nSPS) is 27.7. The van der Waals surface area contributed by atoms with E-state index in [9.17, 15) is 19.5 Å². The molecule has 0 aliphatic heterocycles. The number of carbonyl (C=O) groups is 3. The molecule has 1 aromatic rings. The summed E-state index contributed by atoms with van der Waals surface area (Å²) < 4.78 is 5.41. The summed E-state index contributed by atoms with van der Waals surface area (Å²) in [5.41, 5.74) is 1.44. The van der Waals surface area contributed by atoms with E-state index in [0.29, 0.717) is 10.6 Å². The van der Waals surface area contributed by atoms with E-state index in [1.807, 2.05) is 12.2 Å². The van der Waals surface area contributed by atoms with Crippen molar-refractivity contribution in [2.45, 2.75) is 52.1 Å². The van der Waals surface area contributed by atoms with Crippen LogP contribution in [0.15, 0.2) is 12.2 Å². The molecule has 150 valence electrons. The number of carboxylic acids is 1. The molecule has 4 atom stereocenters. The van der Waals surface area contributed by atoms with Crippen LogP contribution < -0.4 is 5.32 Å². The van der Waals surface area contributed by atoms with Gasteiger partial charge < -0.3 is 15.2 Å². The Balaban J connectivity index is 1.62. The Hall–Kier alpha value is -2.15. The van der Waals surface area contributed by atoms with Gasteiger partial charge in [0.1, 0.15) is 5.00 Å². The number of thiophene rings is 1. The summed E-state index contributed by atoms with van der Waals surface area (Å²) in [4.78, 5) is 38.8. The summed E-state index contributed by atoms with van der Waals surface area (Å²) in [6.45, 7) is 3.59. The fourth-order valence-corrected chi connectivity index (χ4v) is 6.15. The lowest BCUT2D eigenvalue weighted by Gasteiger charge is -2.41. The first-order valence-electron chi connectivity index (χ1n) is 9.94. The molecule has 0 saturated heterocycles. The van der Waals surface area contributed by atoms with Gasteiger partial charge in [0.2, 0.25) is 5.91 Å². The highest BCUT2D eigenvalue weighted by atomic mass is 32.1. The third kappa shape index (κ3) is 3.26. The molecule has 1 fully saturated rings. The van der Waals surface area contributed by atoms with Gasteiger partial charge in [0.05, 0.1) is 23.5 Å². The minimum absolute atomic E-state index is 0.0658. The van der Waals surface area contributed by atoms with E-state index in [4.69, 9.17) is 4.74 Å². The summed E-state index contributed by atoms with van der Waals surface area (Å²) >= 11 is 1.43. The fourth-order valence-electron chi connectivity index (χ4n) is 4.86. The second kappa shape index (κ2) is 7.35. The van der Waals surface area contributed by atoms with E-state index < -0.39 is 23.8 Å². The highest BCUT2D eigenvalue weighted by molar-refractivity contribution is 7.17. The molecule has 5 rings (SSSR count). The number of nitrogens with one attached hydrogen (secondary N) is 1. The molecule has 2 bridgehead atoms. The number of aliphatic carboxylic acids is 1. The van der Waals surface area contributed by atoms with Gasteiger partial charge in [0.15, 0.2) is 0 Å². The van der Waals surface area contributed by atoms with Crippen LogP contribution in [0, 0.1) is 23.7 Å². The van der Waals surface area contributed by atoms with Crippen LogP contribution in [0.1, 0.15) is 53.9 Å². The molecule has 4 aliphatic carbocycles. The Morgan fingerprint density at radius 3 is 2.43 bits per heavy atom. The van der Waals surface area contributed by atoms with Crippen LogP contribution in [0.3, 0.4) is 0 Å². The molecule has 0 aromatic carbocycles. The van der Waals surface area contributed by atoms with E-state index >= 15 is 0 Å². The highest BCUT2D eigenvalue weighted by Crippen LogP contribution is 2.46. The van der Waals surface area contributed by atoms with Crippen LogP contribution in [0.25, 0.3) is 0 Å². The predicted molar refractivity (Wildman–Crippen MR) is 105 cm³/mol. The predicted octanol–water partition coefficient (Wildman–Crippen LogP) is 3.65. The summed E-state index contributed by atoms with van der Waals surface area (Å²) in [6, 6.07) is 0. The lowest BCUT2D eigenvalue weighted by Crippen LogP contribution is -2.47. The number of fused-ring (bicyclic) bond motifs is 3. The molecule has 28 heavy (non-hydrogen) atoms. The molecular formula is C21H25NO5S. The van der Waals surface area contributed by atoms with Crippen molar-refractivity contribution in [1.29, 1.82) is 0 Å². The summed E-state index contributed by atoms with van der Waals surface area (Å²) in [5, 5.41) is 13.1. The van der Waals surface area contributed by atoms with Crippen molar-refractivity contribution in [2.24, 2.45) is 23.7 Å². The maximum atomic E-state index is 13.1. The third-order valence-corrected chi connectivity index (χ3v) is 7.25. The van der Waals surface area contributed by atoms with E-state index in [0.717, 1.165) is 42.5 Å². The standard InChI is InChI=1S/C21H25NO5S/c1-10(2)27-21(26)17-13-4-3-5-14(13)28-19(17)22-18(23)15-11-6-8-12(9-7-11)16(15)20(24)25/h6,8,10-12,15-16H,3-5,7,9H2,1-2H3,(H,22,23)(H,24,25)/t11-,12+,15-,16+/m1/s1. The Kier molecular flexibility index (Phi) is 5.04. The molecule has 1 aromatic heterocycles. The van der Waals surface area contributed by atoms with E-state index in [1.165, 1.54) is 11.3 Å². The zero-order chi connectivity index (χ0) is 20.0. The Labute approximate surface area is 168 Å². The summed E-state index contributed by atoms with van der Waals surface area (Å²) in [7, 11) is 0. The van der Waals surface area contributed by atoms with E-state index in [1.54, 1.807) is 13.8 Å². The van der Waals surface area contributed by atoms with Gasteiger partial charge in [-0.2, -0.15) is 0 Å². The van der Waals surface area contributed by atoms with Gasteiger partial charge in [-0.3, -0.25) is 9.59 Å². The largest absolute Gasteiger partial charge is 0.481 e. The second-order valence-corrected chi connectivity index (χ2v) is 9.29. The van der Waals surface area contributed by atoms with Crippen molar-refractivity contribution in [1.82, 2.24) is 0 Å². The number of carbonyl (C=O) groups excluding carboxylic acids is 2. The van der Waals surface area contributed by atoms with Crippen molar-refractivity contribution in [3.05, 3.63) is 28.2 Å².